The number of rotatable bonds is 8. The van der Waals surface area contributed by atoms with Gasteiger partial charge in [-0.25, -0.2) is 9.78 Å². The minimum absolute atomic E-state index is 0.0621. The number of oxime groups is 1. The highest BCUT2D eigenvalue weighted by Crippen LogP contribution is 2.43. The number of β-lactam (4-membered cyclic amide) rings is 1. The van der Waals surface area contributed by atoms with Crippen molar-refractivity contribution < 1.29 is 28.9 Å². The summed E-state index contributed by atoms with van der Waals surface area (Å²) in [6.45, 7) is 0. The van der Waals surface area contributed by atoms with Gasteiger partial charge in [0.2, 0.25) is 0 Å². The predicted molar refractivity (Wildman–Crippen MR) is 120 cm³/mol. The van der Waals surface area contributed by atoms with Crippen LogP contribution < -0.4 is 11.1 Å². The number of nitrogens with zero attached hydrogens (tertiary/aromatic N) is 3. The van der Waals surface area contributed by atoms with Crippen LogP contribution in [0.25, 0.3) is 0 Å². The molecule has 1 aromatic heterocycles. The lowest BCUT2D eigenvalue weighted by molar-refractivity contribution is -0.150. The van der Waals surface area contributed by atoms with E-state index in [0.717, 1.165) is 28.0 Å². The Labute approximate surface area is 191 Å². The Morgan fingerprint density at radius 2 is 2.29 bits per heavy atom. The van der Waals surface area contributed by atoms with Gasteiger partial charge in [-0.15, -0.1) is 23.1 Å². The molecule has 0 radical (unpaired) electrons. The van der Waals surface area contributed by atoms with Gasteiger partial charge >= 0.3 is 5.97 Å². The number of carbonyl (C=O) groups excluding carboxylic acids is 2. The fourth-order valence-corrected chi connectivity index (χ4v) is 6.17. The Bertz CT molecular complexity index is 1040. The number of amides is 2. The summed E-state index contributed by atoms with van der Waals surface area (Å²) in [7, 11) is -1.01. The lowest BCUT2D eigenvalue weighted by Crippen LogP contribution is -2.71. The Hall–Kier alpha value is -2.36. The number of aromatic nitrogens is 1. The van der Waals surface area contributed by atoms with Crippen LogP contribution in [0.5, 0.6) is 0 Å². The molecule has 0 aliphatic carbocycles. The molecule has 2 aliphatic rings. The number of anilines is 1. The van der Waals surface area contributed by atoms with Crippen molar-refractivity contribution in [2.75, 3.05) is 23.5 Å². The van der Waals surface area contributed by atoms with Gasteiger partial charge in [-0.3, -0.25) is 18.7 Å². The minimum Gasteiger partial charge on any atom is -0.477 e. The van der Waals surface area contributed by atoms with E-state index >= 15 is 0 Å². The standard InChI is InChI=1S/C16H17N5O6S4/c1-31(27)4-2-3-28-8-6-29-14-10(13(23)21(14)11(8)15(24)25)19-12(22)9(20-26)7-5-30-16(17)18-7/h2-3,5,10,14,26H,4,6H2,1H3,(H2,17,18)(H,19,22)(H,24,25)/b3-2-,20-9-/t10?,14-,31?/m1/s1. The molecule has 3 heterocycles. The van der Waals surface area contributed by atoms with Gasteiger partial charge in [-0.2, -0.15) is 0 Å². The Morgan fingerprint density at radius 3 is 2.87 bits per heavy atom. The smallest absolute Gasteiger partial charge is 0.353 e. The summed E-state index contributed by atoms with van der Waals surface area (Å²) in [6.07, 6.45) is 3.23. The number of hydrogen-bond acceptors (Lipinski definition) is 11. The molecule has 1 saturated heterocycles. The molecule has 1 fully saturated rings. The van der Waals surface area contributed by atoms with Crippen LogP contribution in [0.2, 0.25) is 0 Å². The monoisotopic (exact) mass is 503 g/mol. The molecule has 5 N–H and O–H groups in total. The first-order valence-corrected chi connectivity index (χ1v) is 13.0. The molecule has 11 nitrogen and oxygen atoms in total. The van der Waals surface area contributed by atoms with E-state index in [0.29, 0.717) is 16.4 Å². The molecule has 0 spiro atoms. The first-order valence-electron chi connectivity index (χ1n) is 8.51. The summed E-state index contributed by atoms with van der Waals surface area (Å²) in [6, 6.07) is -0.982. The molecule has 1 aromatic rings. The number of thiazole rings is 1. The van der Waals surface area contributed by atoms with Gasteiger partial charge in [-0.05, 0) is 5.41 Å². The molecular formula is C16H17N5O6S4. The largest absolute Gasteiger partial charge is 0.477 e. The first-order chi connectivity index (χ1) is 14.7. The third kappa shape index (κ3) is 4.94. The maximum atomic E-state index is 12.7. The fraction of sp³-hybridized carbons (Fsp3) is 0.312. The number of carbonyl (C=O) groups is 3. The van der Waals surface area contributed by atoms with Crippen LogP contribution in [0, 0.1) is 0 Å². The van der Waals surface area contributed by atoms with Crippen molar-refractivity contribution in [1.82, 2.24) is 15.2 Å². The third-order valence-electron chi connectivity index (χ3n) is 4.14. The summed E-state index contributed by atoms with van der Waals surface area (Å²) in [5, 5.41) is 26.9. The van der Waals surface area contributed by atoms with Crippen molar-refractivity contribution in [3.63, 3.8) is 0 Å². The van der Waals surface area contributed by atoms with E-state index in [1.807, 2.05) is 0 Å². The van der Waals surface area contributed by atoms with Crippen LogP contribution in [0.15, 0.2) is 32.6 Å². The zero-order valence-electron chi connectivity index (χ0n) is 15.9. The Balaban J connectivity index is 1.73. The highest BCUT2D eigenvalue weighted by Gasteiger charge is 2.54. The van der Waals surface area contributed by atoms with Crippen molar-refractivity contribution >= 4 is 74.3 Å². The molecule has 0 aromatic carbocycles. The maximum absolute atomic E-state index is 12.7. The van der Waals surface area contributed by atoms with E-state index in [2.05, 4.69) is 15.5 Å². The van der Waals surface area contributed by atoms with Gasteiger partial charge in [-0.1, -0.05) is 23.0 Å². The minimum atomic E-state index is -1.26. The summed E-state index contributed by atoms with van der Waals surface area (Å²) in [4.78, 5) is 42.4. The van der Waals surface area contributed by atoms with E-state index in [9.17, 15) is 28.9 Å². The van der Waals surface area contributed by atoms with Crippen molar-refractivity contribution in [3.05, 3.63) is 33.2 Å². The van der Waals surface area contributed by atoms with E-state index in [1.165, 1.54) is 17.1 Å². The highest BCUT2D eigenvalue weighted by molar-refractivity contribution is 8.08. The number of thioether (sulfide) groups is 2. The molecule has 31 heavy (non-hydrogen) atoms. The van der Waals surface area contributed by atoms with E-state index in [4.69, 9.17) is 5.73 Å². The van der Waals surface area contributed by atoms with Crippen LogP contribution in [-0.4, -0.2) is 77.1 Å². The van der Waals surface area contributed by atoms with Gasteiger partial charge in [0.15, 0.2) is 10.8 Å². The molecule has 0 saturated carbocycles. The Morgan fingerprint density at radius 1 is 1.55 bits per heavy atom. The molecule has 2 aliphatic heterocycles. The van der Waals surface area contributed by atoms with Crippen LogP contribution in [0.3, 0.4) is 0 Å². The normalized spacial score (nSPS) is 22.3. The summed E-state index contributed by atoms with van der Waals surface area (Å²) < 4.78 is 11.1. The second-order valence-corrected chi connectivity index (χ2v) is 10.7. The Kier molecular flexibility index (Phi) is 7.40. The predicted octanol–water partition coefficient (Wildman–Crippen LogP) is 0.225. The zero-order valence-corrected chi connectivity index (χ0v) is 19.1. The van der Waals surface area contributed by atoms with Gasteiger partial charge in [0.25, 0.3) is 11.8 Å². The van der Waals surface area contributed by atoms with E-state index in [1.54, 1.807) is 17.7 Å². The summed E-state index contributed by atoms with van der Waals surface area (Å²) in [5.74, 6) is -2.02. The molecule has 2 unspecified atom stereocenters. The van der Waals surface area contributed by atoms with Crippen molar-refractivity contribution in [2.45, 2.75) is 11.4 Å². The van der Waals surface area contributed by atoms with Crippen molar-refractivity contribution in [3.8, 4) is 0 Å². The fourth-order valence-electron chi connectivity index (χ4n) is 2.81. The number of aliphatic carboxylic acids is 1. The van der Waals surface area contributed by atoms with Gasteiger partial charge < -0.3 is 21.4 Å². The number of nitrogens with two attached hydrogens (primary N) is 1. The van der Waals surface area contributed by atoms with Crippen molar-refractivity contribution in [2.24, 2.45) is 5.16 Å². The second-order valence-electron chi connectivity index (χ2n) is 6.19. The third-order valence-corrected chi connectivity index (χ3v) is 7.89. The SMILES string of the molecule is CS(=O)C/C=C\SC1=C(C(=O)O)N2C(=O)C(NC(=O)/C(=N\O)c3csc(N)n3)[C@H]2SC1. The van der Waals surface area contributed by atoms with Gasteiger partial charge in [0.05, 0.1) is 0 Å². The maximum Gasteiger partial charge on any atom is 0.353 e. The number of nitrogens with one attached hydrogen (secondary N) is 1. The van der Waals surface area contributed by atoms with E-state index < -0.39 is 45.7 Å². The van der Waals surface area contributed by atoms with Crippen LogP contribution in [0.4, 0.5) is 5.13 Å². The lowest BCUT2D eigenvalue weighted by Gasteiger charge is -2.49. The molecule has 0 bridgehead atoms. The van der Waals surface area contributed by atoms with Gasteiger partial charge in [0, 0.05) is 38.8 Å². The summed E-state index contributed by atoms with van der Waals surface area (Å²) >= 11 is 3.50. The van der Waals surface area contributed by atoms with Crippen LogP contribution >= 0.6 is 34.9 Å². The molecule has 166 valence electrons. The topological polar surface area (TPSA) is 175 Å². The molecule has 3 atom stereocenters. The lowest BCUT2D eigenvalue weighted by atomic mass is 10.0. The number of carboxylic acid groups (broad SMARTS) is 1. The number of hydrogen-bond donors (Lipinski definition) is 4. The zero-order chi connectivity index (χ0) is 22.7. The van der Waals surface area contributed by atoms with Crippen LogP contribution in [0.1, 0.15) is 5.69 Å². The number of fused-ring (bicyclic) bond motifs is 1. The number of nitrogen functional groups attached to an aromatic ring is 1. The molecule has 3 rings (SSSR count). The average molecular weight is 504 g/mol. The average Bonchev–Trinajstić information content (AvgIpc) is 3.14. The quantitative estimate of drug-likeness (QED) is 0.166. The molecule has 15 heteroatoms. The second kappa shape index (κ2) is 9.84. The first kappa shape index (κ1) is 23.3. The molecule has 2 amide bonds. The number of carboxylic acids is 1. The molecular weight excluding hydrogens is 486 g/mol. The van der Waals surface area contributed by atoms with Crippen LogP contribution in [-0.2, 0) is 25.2 Å². The van der Waals surface area contributed by atoms with Crippen molar-refractivity contribution in [1.29, 1.82) is 0 Å². The summed E-state index contributed by atoms with van der Waals surface area (Å²) in [5.41, 5.74) is 5.05. The highest BCUT2D eigenvalue weighted by atomic mass is 32.2. The van der Waals surface area contributed by atoms with Gasteiger partial charge in [0.1, 0.15) is 22.8 Å². The van der Waals surface area contributed by atoms with E-state index in [-0.39, 0.29) is 16.5 Å².